The molecule has 0 saturated carbocycles. The van der Waals surface area contributed by atoms with Gasteiger partial charge < -0.3 is 16.4 Å². The lowest BCUT2D eigenvalue weighted by Gasteiger charge is -2.16. The molecule has 0 aliphatic carbocycles. The summed E-state index contributed by atoms with van der Waals surface area (Å²) in [5.41, 5.74) is 14.1. The topological polar surface area (TPSA) is 89.3 Å². The first-order chi connectivity index (χ1) is 8.82. The quantitative estimate of drug-likeness (QED) is 0.575. The molecule has 0 bridgehead atoms. The molecule has 0 aliphatic heterocycles. The minimum Gasteiger partial charge on any atom is -0.399 e. The van der Waals surface area contributed by atoms with E-state index in [1.807, 2.05) is 6.92 Å². The summed E-state index contributed by atoms with van der Waals surface area (Å²) in [7, 11) is -3.61. The van der Waals surface area contributed by atoms with E-state index in [2.05, 4.69) is 0 Å². The normalized spacial score (nSPS) is 14.1. The molecule has 2 aromatic rings. The molecule has 0 fully saturated rings. The third kappa shape index (κ3) is 2.50. The van der Waals surface area contributed by atoms with E-state index in [0.717, 1.165) is 5.56 Å². The molecule has 0 aromatic heterocycles. The predicted molar refractivity (Wildman–Crippen MR) is 80.3 cm³/mol. The Morgan fingerprint density at radius 1 is 1.00 bits per heavy atom. The molecule has 0 amide bonds. The lowest BCUT2D eigenvalue weighted by Crippen LogP contribution is -2.18. The fraction of sp³-hybridized carbons (Fsp3) is 0.143. The van der Waals surface area contributed by atoms with Crippen LogP contribution in [0.3, 0.4) is 0 Å². The number of benzene rings is 2. The van der Waals surface area contributed by atoms with Crippen LogP contribution in [0.2, 0.25) is 0 Å². The Bertz CT molecular complexity index is 683. The molecule has 1 atom stereocenters. The number of aryl methyl sites for hydroxylation is 2. The van der Waals surface area contributed by atoms with Gasteiger partial charge in [0.05, 0.1) is 0 Å². The van der Waals surface area contributed by atoms with Gasteiger partial charge in [-0.15, -0.1) is 0 Å². The summed E-state index contributed by atoms with van der Waals surface area (Å²) in [4.78, 5) is 10.4. The van der Waals surface area contributed by atoms with Gasteiger partial charge in [-0.1, -0.05) is 0 Å². The van der Waals surface area contributed by atoms with Gasteiger partial charge in [-0.2, -0.15) is 0 Å². The summed E-state index contributed by atoms with van der Waals surface area (Å²) in [5.74, 6) is 0. The summed E-state index contributed by atoms with van der Waals surface area (Å²) in [5, 5.41) is 0.790. The van der Waals surface area contributed by atoms with E-state index in [4.69, 9.17) is 11.5 Å². The van der Waals surface area contributed by atoms with E-state index in [1.165, 1.54) is 0 Å². The molecule has 4 nitrogen and oxygen atoms in total. The van der Waals surface area contributed by atoms with Crippen LogP contribution >= 0.6 is 7.37 Å². The molecule has 100 valence electrons. The summed E-state index contributed by atoms with van der Waals surface area (Å²) >= 11 is 0. The van der Waals surface area contributed by atoms with Gasteiger partial charge in [0.2, 0.25) is 0 Å². The van der Waals surface area contributed by atoms with Gasteiger partial charge in [-0.25, -0.2) is 0 Å². The van der Waals surface area contributed by atoms with Gasteiger partial charge in [-0.3, -0.25) is 4.57 Å². The molecule has 5 N–H and O–H groups in total. The Hall–Kier alpha value is -1.77. The Balaban J connectivity index is 2.58. The Morgan fingerprint density at radius 2 is 1.68 bits per heavy atom. The first-order valence-electron chi connectivity index (χ1n) is 5.88. The van der Waals surface area contributed by atoms with Crippen LogP contribution in [0.1, 0.15) is 11.1 Å². The van der Waals surface area contributed by atoms with Gasteiger partial charge in [0.15, 0.2) is 0 Å². The van der Waals surface area contributed by atoms with Gasteiger partial charge in [0, 0.05) is 22.0 Å². The molecule has 5 heteroatoms. The van der Waals surface area contributed by atoms with Gasteiger partial charge in [0.25, 0.3) is 7.37 Å². The van der Waals surface area contributed by atoms with E-state index in [9.17, 15) is 9.46 Å². The molecule has 0 aliphatic rings. The molecule has 0 spiro atoms. The molecular formula is C14H17N2O2P. The van der Waals surface area contributed by atoms with Crippen molar-refractivity contribution in [1.29, 1.82) is 0 Å². The second-order valence-electron chi connectivity index (χ2n) is 4.66. The van der Waals surface area contributed by atoms with E-state index < -0.39 is 7.37 Å². The van der Waals surface area contributed by atoms with Crippen LogP contribution < -0.4 is 22.1 Å². The van der Waals surface area contributed by atoms with Gasteiger partial charge >= 0.3 is 0 Å². The second kappa shape index (κ2) is 4.72. The van der Waals surface area contributed by atoms with Crippen LogP contribution in [0, 0.1) is 13.8 Å². The Labute approximate surface area is 112 Å². The highest BCUT2D eigenvalue weighted by molar-refractivity contribution is 7.73. The molecule has 19 heavy (non-hydrogen) atoms. The third-order valence-corrected chi connectivity index (χ3v) is 5.28. The zero-order chi connectivity index (χ0) is 14.2. The Kier molecular flexibility index (Phi) is 3.40. The fourth-order valence-electron chi connectivity index (χ4n) is 2.01. The van der Waals surface area contributed by atoms with Gasteiger partial charge in [-0.05, 0) is 61.4 Å². The summed E-state index contributed by atoms with van der Waals surface area (Å²) in [6.45, 7) is 3.59. The lowest BCUT2D eigenvalue weighted by molar-refractivity contribution is 0.501. The maximum Gasteiger partial charge on any atom is 0.259 e. The highest BCUT2D eigenvalue weighted by Gasteiger charge is 2.26. The van der Waals surface area contributed by atoms with Crippen LogP contribution in [0.4, 0.5) is 11.4 Å². The minimum atomic E-state index is -3.61. The molecule has 0 heterocycles. The predicted octanol–water partition coefficient (Wildman–Crippen LogP) is 1.69. The van der Waals surface area contributed by atoms with Crippen LogP contribution in [0.5, 0.6) is 0 Å². The van der Waals surface area contributed by atoms with Crippen molar-refractivity contribution in [2.75, 3.05) is 11.5 Å². The number of nitrogens with two attached hydrogens (primary N) is 2. The van der Waals surface area contributed by atoms with E-state index in [1.54, 1.807) is 43.3 Å². The molecular weight excluding hydrogens is 259 g/mol. The van der Waals surface area contributed by atoms with E-state index in [0.29, 0.717) is 27.5 Å². The van der Waals surface area contributed by atoms with Crippen molar-refractivity contribution in [3.05, 3.63) is 47.5 Å². The minimum absolute atomic E-state index is 0.382. The van der Waals surface area contributed by atoms with Crippen molar-refractivity contribution in [3.8, 4) is 0 Å². The maximum absolute atomic E-state index is 12.7. The SMILES string of the molecule is Cc1cc(P(=O)(O)c2ccc(N)cc2C)ccc1N. The molecule has 1 unspecified atom stereocenters. The summed E-state index contributed by atoms with van der Waals surface area (Å²) < 4.78 is 12.7. The fourth-order valence-corrected chi connectivity index (χ4v) is 3.75. The second-order valence-corrected chi connectivity index (χ2v) is 6.81. The van der Waals surface area contributed by atoms with Crippen molar-refractivity contribution < 1.29 is 9.46 Å². The van der Waals surface area contributed by atoms with Crippen LogP contribution in [0.15, 0.2) is 36.4 Å². The summed E-state index contributed by atoms with van der Waals surface area (Å²) in [6.07, 6.45) is 0. The molecule has 0 radical (unpaired) electrons. The molecule has 0 saturated heterocycles. The number of hydrogen-bond donors (Lipinski definition) is 3. The van der Waals surface area contributed by atoms with Gasteiger partial charge in [0.1, 0.15) is 0 Å². The number of rotatable bonds is 2. The largest absolute Gasteiger partial charge is 0.399 e. The van der Waals surface area contributed by atoms with Crippen molar-refractivity contribution in [1.82, 2.24) is 0 Å². The average Bonchev–Trinajstić information content (AvgIpc) is 2.32. The zero-order valence-corrected chi connectivity index (χ0v) is 11.8. The van der Waals surface area contributed by atoms with Crippen LogP contribution in [0.25, 0.3) is 0 Å². The maximum atomic E-state index is 12.7. The highest BCUT2D eigenvalue weighted by Crippen LogP contribution is 2.40. The van der Waals surface area contributed by atoms with E-state index >= 15 is 0 Å². The average molecular weight is 276 g/mol. The number of anilines is 2. The number of nitrogen functional groups attached to an aromatic ring is 2. The highest BCUT2D eigenvalue weighted by atomic mass is 31.2. The van der Waals surface area contributed by atoms with E-state index in [-0.39, 0.29) is 0 Å². The standard InChI is InChI=1S/C14H17N2O2P/c1-9-8-12(4-5-13(9)16)19(17,18)14-6-3-11(15)7-10(14)2/h3-8H,15-16H2,1-2H3,(H,17,18). The van der Waals surface area contributed by atoms with Crippen LogP contribution in [-0.2, 0) is 4.57 Å². The van der Waals surface area contributed by atoms with Crippen molar-refractivity contribution in [2.45, 2.75) is 13.8 Å². The monoisotopic (exact) mass is 276 g/mol. The van der Waals surface area contributed by atoms with Crippen molar-refractivity contribution in [3.63, 3.8) is 0 Å². The van der Waals surface area contributed by atoms with Crippen molar-refractivity contribution >= 4 is 29.4 Å². The zero-order valence-electron chi connectivity index (χ0n) is 10.9. The first kappa shape index (κ1) is 13.7. The van der Waals surface area contributed by atoms with Crippen LogP contribution in [-0.4, -0.2) is 4.89 Å². The molecule has 2 aromatic carbocycles. The van der Waals surface area contributed by atoms with Crippen molar-refractivity contribution in [2.24, 2.45) is 0 Å². The Morgan fingerprint density at radius 3 is 2.26 bits per heavy atom. The molecule has 2 rings (SSSR count). The summed E-state index contributed by atoms with van der Waals surface area (Å²) in [6, 6.07) is 9.85. The number of hydrogen-bond acceptors (Lipinski definition) is 3. The first-order valence-corrected chi connectivity index (χ1v) is 7.54. The smallest absolute Gasteiger partial charge is 0.259 e. The lowest BCUT2D eigenvalue weighted by atomic mass is 10.2. The third-order valence-electron chi connectivity index (χ3n) is 3.15.